The second-order valence-corrected chi connectivity index (χ2v) is 7.77. The maximum absolute atomic E-state index is 12.0. The number of aromatic amines is 2. The summed E-state index contributed by atoms with van der Waals surface area (Å²) in [5.74, 6) is 4.84. The lowest BCUT2D eigenvalue weighted by atomic mass is 10.1. The molecule has 2 aromatic heterocycles. The van der Waals surface area contributed by atoms with Gasteiger partial charge in [-0.15, -0.1) is 0 Å². The van der Waals surface area contributed by atoms with Gasteiger partial charge in [-0.25, -0.2) is 4.98 Å². The normalized spacial score (nSPS) is 17.3. The lowest BCUT2D eigenvalue weighted by molar-refractivity contribution is -0.727. The van der Waals surface area contributed by atoms with E-state index in [0.29, 0.717) is 17.9 Å². The number of nitrogens with zero attached hydrogens (tertiary/aromatic N) is 3. The highest BCUT2D eigenvalue weighted by Gasteiger charge is 2.45. The molecule has 4 rings (SSSR count). The van der Waals surface area contributed by atoms with Gasteiger partial charge in [0.25, 0.3) is 5.82 Å². The molecule has 1 fully saturated rings. The summed E-state index contributed by atoms with van der Waals surface area (Å²) in [6.07, 6.45) is 1.42. The molecule has 162 valence electrons. The SMILES string of the molecule is CNC(=O)C1CC1c1cc(-[n+]2[nH]c(C)nc2Cc2ccc(OC)c(OC)c2)[nH+]c(C)n1. The summed E-state index contributed by atoms with van der Waals surface area (Å²) in [6.45, 7) is 3.84. The number of methoxy groups -OCH3 is 2. The van der Waals surface area contributed by atoms with E-state index >= 15 is 0 Å². The zero-order valence-electron chi connectivity index (χ0n) is 18.4. The van der Waals surface area contributed by atoms with Gasteiger partial charge in [0.1, 0.15) is 0 Å². The van der Waals surface area contributed by atoms with Crippen LogP contribution in [-0.4, -0.2) is 42.2 Å². The Kier molecular flexibility index (Phi) is 5.58. The third kappa shape index (κ3) is 4.21. The zero-order chi connectivity index (χ0) is 22.1. The maximum atomic E-state index is 12.0. The van der Waals surface area contributed by atoms with Crippen LogP contribution in [0.2, 0.25) is 0 Å². The fourth-order valence-corrected chi connectivity index (χ4v) is 3.91. The maximum Gasteiger partial charge on any atom is 0.396 e. The monoisotopic (exact) mass is 424 g/mol. The summed E-state index contributed by atoms with van der Waals surface area (Å²) in [5, 5.41) is 6.03. The summed E-state index contributed by atoms with van der Waals surface area (Å²) in [4.78, 5) is 24.6. The summed E-state index contributed by atoms with van der Waals surface area (Å²) in [6, 6.07) is 7.85. The number of H-pyrrole nitrogens is 2. The smallest absolute Gasteiger partial charge is 0.396 e. The Morgan fingerprint density at radius 1 is 1.23 bits per heavy atom. The van der Waals surface area contributed by atoms with E-state index in [1.54, 1.807) is 21.3 Å². The number of hydrogen-bond acceptors (Lipinski definition) is 5. The molecule has 9 nitrogen and oxygen atoms in total. The van der Waals surface area contributed by atoms with E-state index in [2.05, 4.69) is 25.4 Å². The number of benzene rings is 1. The molecule has 0 aliphatic heterocycles. The van der Waals surface area contributed by atoms with Gasteiger partial charge in [-0.2, -0.15) is 10.1 Å². The van der Waals surface area contributed by atoms with Crippen molar-refractivity contribution in [1.82, 2.24) is 20.4 Å². The molecule has 2 heterocycles. The molecular weight excluding hydrogens is 396 g/mol. The van der Waals surface area contributed by atoms with Gasteiger partial charge < -0.3 is 14.8 Å². The highest BCUT2D eigenvalue weighted by atomic mass is 16.5. The van der Waals surface area contributed by atoms with Gasteiger partial charge in [0.15, 0.2) is 11.5 Å². The highest BCUT2D eigenvalue weighted by molar-refractivity contribution is 5.82. The van der Waals surface area contributed by atoms with Gasteiger partial charge in [0.05, 0.1) is 32.4 Å². The van der Waals surface area contributed by atoms with E-state index in [1.807, 2.05) is 42.8 Å². The summed E-state index contributed by atoms with van der Waals surface area (Å²) in [5.41, 5.74) is 1.96. The molecule has 0 bridgehead atoms. The summed E-state index contributed by atoms with van der Waals surface area (Å²) < 4.78 is 12.7. The Balaban J connectivity index is 1.66. The Hall–Kier alpha value is -3.49. The second-order valence-electron chi connectivity index (χ2n) is 7.77. The minimum atomic E-state index is -0.00751. The number of aryl methyl sites for hydroxylation is 2. The van der Waals surface area contributed by atoms with Crippen LogP contribution in [0.15, 0.2) is 24.3 Å². The first-order valence-corrected chi connectivity index (χ1v) is 10.2. The van der Waals surface area contributed by atoms with E-state index in [9.17, 15) is 4.79 Å². The largest absolute Gasteiger partial charge is 0.493 e. The van der Waals surface area contributed by atoms with Crippen LogP contribution in [0.1, 0.15) is 41.1 Å². The Morgan fingerprint density at radius 2 is 2.00 bits per heavy atom. The molecular formula is C22H28N6O3+2. The number of rotatable bonds is 7. The number of carbonyl (C=O) groups is 1. The molecule has 1 aliphatic rings. The van der Waals surface area contributed by atoms with Crippen LogP contribution in [0, 0.1) is 19.8 Å². The van der Waals surface area contributed by atoms with Crippen molar-refractivity contribution in [1.29, 1.82) is 0 Å². The molecule has 1 aliphatic carbocycles. The van der Waals surface area contributed by atoms with Crippen LogP contribution in [0.4, 0.5) is 0 Å². The molecule has 3 aromatic rings. The first-order chi connectivity index (χ1) is 14.9. The molecule has 9 heteroatoms. The van der Waals surface area contributed by atoms with E-state index in [1.165, 1.54) is 0 Å². The second kappa shape index (κ2) is 8.33. The van der Waals surface area contributed by atoms with Crippen molar-refractivity contribution < 1.29 is 23.9 Å². The number of amides is 1. The van der Waals surface area contributed by atoms with E-state index in [-0.39, 0.29) is 17.7 Å². The highest BCUT2D eigenvalue weighted by Crippen LogP contribution is 2.46. The van der Waals surface area contributed by atoms with Crippen LogP contribution in [-0.2, 0) is 11.2 Å². The van der Waals surface area contributed by atoms with Crippen molar-refractivity contribution in [3.63, 3.8) is 0 Å². The minimum absolute atomic E-state index is 0.00751. The van der Waals surface area contributed by atoms with Gasteiger partial charge in [-0.3, -0.25) is 4.79 Å². The number of hydrogen-bond donors (Lipinski definition) is 2. The summed E-state index contributed by atoms with van der Waals surface area (Å²) >= 11 is 0. The van der Waals surface area contributed by atoms with Crippen molar-refractivity contribution in [3.05, 3.63) is 53.0 Å². The van der Waals surface area contributed by atoms with Crippen LogP contribution in [0.25, 0.3) is 5.82 Å². The van der Waals surface area contributed by atoms with Crippen molar-refractivity contribution in [2.24, 2.45) is 5.92 Å². The van der Waals surface area contributed by atoms with Crippen LogP contribution in [0.5, 0.6) is 11.5 Å². The van der Waals surface area contributed by atoms with Gasteiger partial charge >= 0.3 is 11.6 Å². The van der Waals surface area contributed by atoms with E-state index < -0.39 is 0 Å². The Bertz CT molecular complexity index is 1130. The molecule has 1 aromatic carbocycles. The minimum Gasteiger partial charge on any atom is -0.493 e. The molecule has 3 N–H and O–H groups in total. The van der Waals surface area contributed by atoms with Gasteiger partial charge in [0, 0.05) is 37.7 Å². The van der Waals surface area contributed by atoms with E-state index in [4.69, 9.17) is 9.47 Å². The lowest BCUT2D eigenvalue weighted by Crippen LogP contribution is -2.44. The van der Waals surface area contributed by atoms with Crippen LogP contribution < -0.4 is 24.5 Å². The predicted molar refractivity (Wildman–Crippen MR) is 111 cm³/mol. The fourth-order valence-electron chi connectivity index (χ4n) is 3.91. The average molecular weight is 425 g/mol. The molecule has 0 saturated heterocycles. The first-order valence-electron chi connectivity index (χ1n) is 10.2. The third-order valence-electron chi connectivity index (χ3n) is 5.52. The molecule has 1 amide bonds. The number of aromatic nitrogens is 5. The Morgan fingerprint density at radius 3 is 2.71 bits per heavy atom. The van der Waals surface area contributed by atoms with Crippen LogP contribution >= 0.6 is 0 Å². The molecule has 31 heavy (non-hydrogen) atoms. The lowest BCUT2D eigenvalue weighted by Gasteiger charge is -2.08. The van der Waals surface area contributed by atoms with Crippen molar-refractivity contribution in [3.8, 4) is 17.3 Å². The first kappa shape index (κ1) is 20.8. The molecule has 0 spiro atoms. The van der Waals surface area contributed by atoms with Gasteiger partial charge in [-0.1, -0.05) is 6.07 Å². The predicted octanol–water partition coefficient (Wildman–Crippen LogP) is 0.970. The fraction of sp³-hybridized carbons (Fsp3) is 0.409. The molecule has 2 unspecified atom stereocenters. The Labute approximate surface area is 180 Å². The molecule has 0 radical (unpaired) electrons. The number of carbonyl (C=O) groups excluding carboxylic acids is 1. The zero-order valence-corrected chi connectivity index (χ0v) is 18.4. The standard InChI is InChI=1S/C22H26N6O3/c1-12-24-17(15-10-16(15)22(29)23-3)11-21(25-12)28-20(26-13(2)27-28)9-14-6-7-18(30-4)19(8-14)31-5/h6-8,11,15-16H,9-10H2,1-5H3,(H,23,29)/p+2. The van der Waals surface area contributed by atoms with Crippen molar-refractivity contribution in [2.75, 3.05) is 21.3 Å². The van der Waals surface area contributed by atoms with Crippen molar-refractivity contribution in [2.45, 2.75) is 32.6 Å². The topological polar surface area (TPSA) is 107 Å². The molecule has 2 atom stereocenters. The van der Waals surface area contributed by atoms with Crippen molar-refractivity contribution >= 4 is 5.91 Å². The quantitative estimate of drug-likeness (QED) is 0.550. The molecule has 1 saturated carbocycles. The van der Waals surface area contributed by atoms with Crippen LogP contribution in [0.3, 0.4) is 0 Å². The summed E-state index contributed by atoms with van der Waals surface area (Å²) in [7, 11) is 4.92. The number of nitrogens with one attached hydrogen (secondary N) is 3. The van der Waals surface area contributed by atoms with Gasteiger partial charge in [0.2, 0.25) is 11.7 Å². The third-order valence-corrected chi connectivity index (χ3v) is 5.52. The number of ether oxygens (including phenoxy) is 2. The van der Waals surface area contributed by atoms with Gasteiger partial charge in [-0.05, 0) is 28.8 Å². The average Bonchev–Trinajstić information content (AvgIpc) is 3.49. The van der Waals surface area contributed by atoms with E-state index in [0.717, 1.165) is 41.0 Å².